The SMILES string of the molecule is CN1CC[C@H]2CC[C@@H](C(=O)N[C@@H](CCC(N)=O)C(=O)N[C@H](COCCCCCCCCCC#Cc3cccc4c3CN(C3CCC(=O)NC3=O)C4=O)c3ccccc3)N2C(=O)[C@@H](NC(=O)c2cc3cc(C(F)(F)P(=O)(O)O)ccc3n2C)C1. The predicted octanol–water partition coefficient (Wildman–Crippen LogP) is 4.76. The number of nitrogens with zero attached hydrogens (tertiary/aromatic N) is 4. The van der Waals surface area contributed by atoms with Crippen LogP contribution in [0.4, 0.5) is 8.78 Å². The molecule has 0 bridgehead atoms. The summed E-state index contributed by atoms with van der Waals surface area (Å²) in [6, 6.07) is 13.7. The number of rotatable bonds is 24. The Bertz CT molecular complexity index is 3210. The van der Waals surface area contributed by atoms with Crippen LogP contribution < -0.4 is 27.0 Å². The lowest BCUT2D eigenvalue weighted by Crippen LogP contribution is -2.61. The fourth-order valence-corrected chi connectivity index (χ4v) is 11.9. The van der Waals surface area contributed by atoms with Crippen LogP contribution in [-0.4, -0.2) is 140 Å². The first-order chi connectivity index (χ1) is 39.6. The van der Waals surface area contributed by atoms with Crippen molar-refractivity contribution in [1.29, 1.82) is 0 Å². The summed E-state index contributed by atoms with van der Waals surface area (Å²) in [5, 5.41) is 11.0. The van der Waals surface area contributed by atoms with Gasteiger partial charge in [-0.2, -0.15) is 8.78 Å². The minimum atomic E-state index is -5.87. The third kappa shape index (κ3) is 14.9. The summed E-state index contributed by atoms with van der Waals surface area (Å²) in [5.74, 6) is 2.29. The first kappa shape index (κ1) is 61.7. The molecule has 5 heterocycles. The van der Waals surface area contributed by atoms with E-state index in [1.54, 1.807) is 19.2 Å². The molecule has 4 aliphatic rings. The molecule has 3 fully saturated rings. The van der Waals surface area contributed by atoms with Gasteiger partial charge < -0.3 is 55.5 Å². The van der Waals surface area contributed by atoms with E-state index < -0.39 is 90.5 Å². The minimum Gasteiger partial charge on any atom is -0.379 e. The van der Waals surface area contributed by atoms with Gasteiger partial charge in [-0.3, -0.25) is 48.2 Å². The molecule has 8 N–H and O–H groups in total. The number of nitrogens with two attached hydrogens (primary N) is 1. The standard InChI is InChI=1S/C59H72F2N9O12P/c1-67-30-29-41-22-25-49(70(41)58(78)45(35-67)64-56(76)50-33-39-32-40(21-24-47(39)68(50)2)59(60,61)83(79,80)81)55(75)63-44(23-27-51(62)71)53(73)65-46(38-17-12-10-13-18-38)36-82-31-14-9-7-5-3-4-6-8-11-16-37-19-15-20-42-43(37)34-69(57(42)77)48-26-28-52(72)66-54(48)74/h10,12-13,15,17-21,24,32-33,41,44-46,48-49H,3-9,14,22-23,25-31,34-36H2,1-2H3,(H2,62,71)(H,63,75)(H,64,76)(H,65,73)(H,66,72,74)(H2,79,80,81)/t41-,44+,45+,46-,48?,49+/m1/s1. The molecule has 8 amide bonds. The van der Waals surface area contributed by atoms with Gasteiger partial charge in [0.1, 0.15) is 29.9 Å². The molecule has 1 aromatic heterocycles. The first-order valence-electron chi connectivity index (χ1n) is 28.2. The molecule has 24 heteroatoms. The molecule has 4 aliphatic heterocycles. The highest BCUT2D eigenvalue weighted by Gasteiger charge is 2.51. The molecule has 21 nitrogen and oxygen atoms in total. The number of primary amides is 1. The topological polar surface area (TPSA) is 292 Å². The molecule has 8 rings (SSSR count). The molecule has 0 spiro atoms. The highest BCUT2D eigenvalue weighted by molar-refractivity contribution is 7.52. The average Bonchev–Trinajstić information content (AvgIpc) is 4.28. The highest BCUT2D eigenvalue weighted by atomic mass is 31.2. The van der Waals surface area contributed by atoms with Crippen molar-refractivity contribution in [3.8, 4) is 11.8 Å². The predicted molar refractivity (Wildman–Crippen MR) is 301 cm³/mol. The summed E-state index contributed by atoms with van der Waals surface area (Å²) in [5.41, 5.74) is 3.28. The normalized spacial score (nSPS) is 20.1. The number of likely N-dealkylation sites (N-methyl/N-ethyl adjacent to an activating group) is 1. The zero-order chi connectivity index (χ0) is 59.6. The number of hydrogen-bond acceptors (Lipinski definition) is 11. The van der Waals surface area contributed by atoms with Gasteiger partial charge in [0.25, 0.3) is 11.8 Å². The number of benzene rings is 3. The zero-order valence-electron chi connectivity index (χ0n) is 46.6. The van der Waals surface area contributed by atoms with Gasteiger partial charge in [0.2, 0.25) is 35.4 Å². The maximum absolute atomic E-state index is 14.6. The second-order valence-corrected chi connectivity index (χ2v) is 23.5. The van der Waals surface area contributed by atoms with Crippen molar-refractivity contribution in [1.82, 2.24) is 40.5 Å². The molecule has 0 radical (unpaired) electrons. The van der Waals surface area contributed by atoms with Gasteiger partial charge in [-0.05, 0) is 100.0 Å². The largest absolute Gasteiger partial charge is 0.399 e. The van der Waals surface area contributed by atoms with Gasteiger partial charge >= 0.3 is 13.3 Å². The van der Waals surface area contributed by atoms with Crippen LogP contribution >= 0.6 is 7.60 Å². The number of nitrogens with one attached hydrogen (secondary N) is 4. The number of unbranched alkanes of at least 4 members (excludes halogenated alkanes) is 7. The molecule has 3 aromatic carbocycles. The van der Waals surface area contributed by atoms with Crippen LogP contribution in [0.15, 0.2) is 72.8 Å². The molecule has 1 unspecified atom stereocenters. The zero-order valence-corrected chi connectivity index (χ0v) is 47.5. The molecule has 3 saturated heterocycles. The number of carbonyl (C=O) groups is 8. The second-order valence-electron chi connectivity index (χ2n) is 21.9. The Kier molecular flexibility index (Phi) is 20.3. The summed E-state index contributed by atoms with van der Waals surface area (Å²) in [4.78, 5) is 130. The number of fused-ring (bicyclic) bond motifs is 3. The Morgan fingerprint density at radius 2 is 1.63 bits per heavy atom. The number of hydrogen-bond donors (Lipinski definition) is 7. The van der Waals surface area contributed by atoms with E-state index in [9.17, 15) is 61.5 Å². The van der Waals surface area contributed by atoms with E-state index in [1.807, 2.05) is 41.3 Å². The van der Waals surface area contributed by atoms with Gasteiger partial charge in [0.15, 0.2) is 0 Å². The fraction of sp³-hybridized carbons (Fsp3) is 0.492. The quantitative estimate of drug-likeness (QED) is 0.0216. The number of piperidine rings is 1. The summed E-state index contributed by atoms with van der Waals surface area (Å²) in [6.45, 7) is 1.40. The third-order valence-electron chi connectivity index (χ3n) is 16.0. The summed E-state index contributed by atoms with van der Waals surface area (Å²) >= 11 is 0. The van der Waals surface area contributed by atoms with E-state index in [0.717, 1.165) is 73.8 Å². The summed E-state index contributed by atoms with van der Waals surface area (Å²) < 4.78 is 48.4. The number of amides is 8. The monoisotopic (exact) mass is 1170 g/mol. The summed E-state index contributed by atoms with van der Waals surface area (Å²) in [6.07, 6.45) is 8.80. The number of aromatic nitrogens is 1. The Labute approximate surface area is 479 Å². The summed E-state index contributed by atoms with van der Waals surface area (Å²) in [7, 11) is -2.58. The third-order valence-corrected chi connectivity index (χ3v) is 17.0. The number of carbonyl (C=O) groups excluding carboxylic acids is 8. The fourth-order valence-electron chi connectivity index (χ4n) is 11.4. The molecule has 83 heavy (non-hydrogen) atoms. The Balaban J connectivity index is 0.808. The lowest BCUT2D eigenvalue weighted by atomic mass is 10.0. The van der Waals surface area contributed by atoms with Gasteiger partial charge in [0.05, 0.1) is 12.6 Å². The van der Waals surface area contributed by atoms with Crippen molar-refractivity contribution in [2.75, 3.05) is 33.4 Å². The minimum absolute atomic E-state index is 0.0256. The molecule has 0 aliphatic carbocycles. The van der Waals surface area contributed by atoms with E-state index in [0.29, 0.717) is 49.9 Å². The molecular formula is C59H72F2N9O12P. The first-order valence-corrected chi connectivity index (χ1v) is 29.9. The van der Waals surface area contributed by atoms with Gasteiger partial charge in [-0.25, -0.2) is 0 Å². The van der Waals surface area contributed by atoms with E-state index in [1.165, 1.54) is 33.5 Å². The maximum atomic E-state index is 14.6. The molecule has 4 aromatic rings. The van der Waals surface area contributed by atoms with Crippen LogP contribution in [-0.2, 0) is 57.3 Å². The lowest BCUT2D eigenvalue weighted by molar-refractivity contribution is -0.144. The average molecular weight is 1170 g/mol. The number of alkyl halides is 2. The number of imide groups is 1. The van der Waals surface area contributed by atoms with Crippen LogP contribution in [0.2, 0.25) is 0 Å². The number of aryl methyl sites for hydroxylation is 1. The highest BCUT2D eigenvalue weighted by Crippen LogP contribution is 2.59. The number of ether oxygens (including phenoxy) is 1. The van der Waals surface area contributed by atoms with E-state index in [-0.39, 0.29) is 68.3 Å². The Morgan fingerprint density at radius 1 is 0.892 bits per heavy atom. The lowest BCUT2D eigenvalue weighted by Gasteiger charge is -2.38. The molecule has 444 valence electrons. The van der Waals surface area contributed by atoms with Crippen molar-refractivity contribution >= 4 is 65.8 Å². The van der Waals surface area contributed by atoms with E-state index in [2.05, 4.69) is 33.1 Å². The Morgan fingerprint density at radius 3 is 2.35 bits per heavy atom. The van der Waals surface area contributed by atoms with Crippen LogP contribution in [0.1, 0.15) is 145 Å². The van der Waals surface area contributed by atoms with Gasteiger partial charge in [0, 0.05) is 79.6 Å². The second kappa shape index (κ2) is 27.4. The molecular weight excluding hydrogens is 1100 g/mol. The van der Waals surface area contributed by atoms with Gasteiger partial charge in [-0.15, -0.1) is 0 Å². The van der Waals surface area contributed by atoms with Gasteiger partial charge in [-0.1, -0.05) is 86.4 Å². The maximum Gasteiger partial charge on any atom is 0.399 e. The van der Waals surface area contributed by atoms with Crippen LogP contribution in [0, 0.1) is 11.8 Å². The van der Waals surface area contributed by atoms with Crippen molar-refractivity contribution in [3.05, 3.63) is 106 Å². The number of halogens is 2. The molecule has 6 atom stereocenters. The van der Waals surface area contributed by atoms with Crippen LogP contribution in [0.25, 0.3) is 10.9 Å². The van der Waals surface area contributed by atoms with Crippen LogP contribution in [0.5, 0.6) is 0 Å². The van der Waals surface area contributed by atoms with Crippen molar-refractivity contribution in [2.45, 2.75) is 145 Å². The van der Waals surface area contributed by atoms with E-state index >= 15 is 0 Å². The van der Waals surface area contributed by atoms with Crippen molar-refractivity contribution in [3.63, 3.8) is 0 Å². The Hall–Kier alpha value is -7.35. The van der Waals surface area contributed by atoms with E-state index in [4.69, 9.17) is 10.5 Å². The molecule has 0 saturated carbocycles. The van der Waals surface area contributed by atoms with Crippen LogP contribution in [0.3, 0.4) is 0 Å². The van der Waals surface area contributed by atoms with Crippen molar-refractivity contribution in [2.24, 2.45) is 12.8 Å². The smallest absolute Gasteiger partial charge is 0.379 e. The van der Waals surface area contributed by atoms with Crippen molar-refractivity contribution < 1.29 is 66.2 Å².